The number of hydrogen-bond acceptors (Lipinski definition) is 3. The van der Waals surface area contributed by atoms with E-state index in [9.17, 15) is 9.59 Å². The number of para-hydroxylation sites is 1. The number of amides is 2. The Morgan fingerprint density at radius 1 is 1.33 bits per heavy atom. The predicted molar refractivity (Wildman–Crippen MR) is 80.3 cm³/mol. The summed E-state index contributed by atoms with van der Waals surface area (Å²) in [5.74, 6) is -0.819. The maximum absolute atomic E-state index is 11.9. The van der Waals surface area contributed by atoms with Gasteiger partial charge in [0.2, 0.25) is 0 Å². The molecule has 2 amide bonds. The maximum atomic E-state index is 11.9. The van der Waals surface area contributed by atoms with E-state index in [2.05, 4.69) is 10.6 Å². The van der Waals surface area contributed by atoms with Gasteiger partial charge in [0.1, 0.15) is 0 Å². The zero-order valence-corrected chi connectivity index (χ0v) is 12.4. The van der Waals surface area contributed by atoms with E-state index in [4.69, 9.17) is 9.84 Å². The number of hydrogen-bond donors (Lipinski definition) is 3. The van der Waals surface area contributed by atoms with Crippen molar-refractivity contribution < 1.29 is 19.4 Å². The van der Waals surface area contributed by atoms with E-state index in [1.807, 2.05) is 31.2 Å². The third-order valence-electron chi connectivity index (χ3n) is 2.97. The van der Waals surface area contributed by atoms with Gasteiger partial charge in [0.15, 0.2) is 0 Å². The highest BCUT2D eigenvalue weighted by Gasteiger charge is 2.10. The third-order valence-corrected chi connectivity index (χ3v) is 2.97. The maximum Gasteiger partial charge on any atom is 0.319 e. The molecule has 6 heteroatoms. The Morgan fingerprint density at radius 2 is 2.05 bits per heavy atom. The molecule has 1 unspecified atom stereocenters. The first-order valence-electron chi connectivity index (χ1n) is 6.89. The van der Waals surface area contributed by atoms with Crippen molar-refractivity contribution in [2.75, 3.05) is 12.4 Å². The van der Waals surface area contributed by atoms with Gasteiger partial charge in [-0.1, -0.05) is 18.2 Å². The number of carbonyl (C=O) groups is 2. The minimum atomic E-state index is -0.819. The molecule has 0 aliphatic carbocycles. The summed E-state index contributed by atoms with van der Waals surface area (Å²) in [7, 11) is 1.60. The molecule has 3 N–H and O–H groups in total. The molecular formula is C15H22N2O4. The molecule has 116 valence electrons. The molecule has 0 aliphatic heterocycles. The van der Waals surface area contributed by atoms with Gasteiger partial charge in [0, 0.05) is 30.8 Å². The molecule has 0 radical (unpaired) electrons. The van der Waals surface area contributed by atoms with Gasteiger partial charge in [0.05, 0.1) is 6.61 Å². The third kappa shape index (κ3) is 6.76. The van der Waals surface area contributed by atoms with Gasteiger partial charge >= 0.3 is 12.0 Å². The Morgan fingerprint density at radius 3 is 2.71 bits per heavy atom. The van der Waals surface area contributed by atoms with E-state index in [1.54, 1.807) is 7.11 Å². The number of anilines is 1. The van der Waals surface area contributed by atoms with E-state index in [-0.39, 0.29) is 18.5 Å². The van der Waals surface area contributed by atoms with Crippen LogP contribution < -0.4 is 10.6 Å². The molecule has 6 nitrogen and oxygen atoms in total. The Kier molecular flexibility index (Phi) is 7.25. The van der Waals surface area contributed by atoms with Crippen LogP contribution in [0.3, 0.4) is 0 Å². The van der Waals surface area contributed by atoms with Crippen LogP contribution >= 0.6 is 0 Å². The highest BCUT2D eigenvalue weighted by Crippen LogP contribution is 2.15. The van der Waals surface area contributed by atoms with E-state index in [0.717, 1.165) is 5.56 Å². The topological polar surface area (TPSA) is 87.7 Å². The average molecular weight is 294 g/mol. The second-order valence-corrected chi connectivity index (χ2v) is 4.88. The van der Waals surface area contributed by atoms with Gasteiger partial charge in [-0.3, -0.25) is 4.79 Å². The van der Waals surface area contributed by atoms with Gasteiger partial charge in [-0.15, -0.1) is 0 Å². The molecule has 1 aromatic rings. The molecule has 1 aromatic carbocycles. The summed E-state index contributed by atoms with van der Waals surface area (Å²) in [5.41, 5.74) is 1.60. The van der Waals surface area contributed by atoms with Crippen molar-refractivity contribution in [2.24, 2.45) is 0 Å². The Labute approximate surface area is 124 Å². The molecular weight excluding hydrogens is 272 g/mol. The number of urea groups is 1. The lowest BCUT2D eigenvalue weighted by Gasteiger charge is -2.15. The summed E-state index contributed by atoms with van der Waals surface area (Å²) < 4.78 is 5.08. The molecule has 1 rings (SSSR count). The highest BCUT2D eigenvalue weighted by atomic mass is 16.5. The van der Waals surface area contributed by atoms with Crippen LogP contribution in [0.5, 0.6) is 0 Å². The SMILES string of the molecule is COCc1ccccc1NC(=O)NC(C)CCCC(=O)O. The number of carboxylic acid groups (broad SMARTS) is 1. The number of carbonyl (C=O) groups excluding carboxylic acids is 1. The quantitative estimate of drug-likeness (QED) is 0.687. The van der Waals surface area contributed by atoms with E-state index in [1.165, 1.54) is 0 Å². The minimum Gasteiger partial charge on any atom is -0.481 e. The van der Waals surface area contributed by atoms with Crippen LogP contribution in [-0.2, 0) is 16.1 Å². The van der Waals surface area contributed by atoms with E-state index >= 15 is 0 Å². The van der Waals surface area contributed by atoms with Crippen LogP contribution in [0.15, 0.2) is 24.3 Å². The molecule has 0 bridgehead atoms. The second-order valence-electron chi connectivity index (χ2n) is 4.88. The Hall–Kier alpha value is -2.08. The van der Waals surface area contributed by atoms with Crippen LogP contribution in [0.25, 0.3) is 0 Å². The van der Waals surface area contributed by atoms with Gasteiger partial charge in [-0.25, -0.2) is 4.79 Å². The number of nitrogens with one attached hydrogen (secondary N) is 2. The Bertz CT molecular complexity index is 476. The summed E-state index contributed by atoms with van der Waals surface area (Å²) >= 11 is 0. The van der Waals surface area contributed by atoms with Crippen molar-refractivity contribution >= 4 is 17.7 Å². The molecule has 0 heterocycles. The fourth-order valence-electron chi connectivity index (χ4n) is 1.94. The zero-order chi connectivity index (χ0) is 15.7. The molecule has 1 atom stereocenters. The van der Waals surface area contributed by atoms with Crippen LogP contribution in [-0.4, -0.2) is 30.3 Å². The fourth-order valence-corrected chi connectivity index (χ4v) is 1.94. The van der Waals surface area contributed by atoms with Crippen molar-refractivity contribution in [3.63, 3.8) is 0 Å². The lowest BCUT2D eigenvalue weighted by Crippen LogP contribution is -2.36. The van der Waals surface area contributed by atoms with Crippen LogP contribution in [0.2, 0.25) is 0 Å². The van der Waals surface area contributed by atoms with Crippen molar-refractivity contribution in [3.05, 3.63) is 29.8 Å². The molecule has 0 saturated heterocycles. The molecule has 0 fully saturated rings. The smallest absolute Gasteiger partial charge is 0.319 e. The van der Waals surface area contributed by atoms with Gasteiger partial charge in [-0.05, 0) is 25.8 Å². The normalized spacial score (nSPS) is 11.7. The average Bonchev–Trinajstić information content (AvgIpc) is 2.40. The largest absolute Gasteiger partial charge is 0.481 e. The second kappa shape index (κ2) is 8.97. The molecule has 0 aliphatic rings. The van der Waals surface area contributed by atoms with E-state index < -0.39 is 5.97 Å². The monoisotopic (exact) mass is 294 g/mol. The van der Waals surface area contributed by atoms with Crippen LogP contribution in [0.4, 0.5) is 10.5 Å². The van der Waals surface area contributed by atoms with E-state index in [0.29, 0.717) is 25.1 Å². The molecule has 0 saturated carbocycles. The molecule has 0 spiro atoms. The number of benzene rings is 1. The first-order valence-corrected chi connectivity index (χ1v) is 6.89. The van der Waals surface area contributed by atoms with Gasteiger partial charge in [0.25, 0.3) is 0 Å². The zero-order valence-electron chi connectivity index (χ0n) is 12.4. The lowest BCUT2D eigenvalue weighted by atomic mass is 10.1. The summed E-state index contributed by atoms with van der Waals surface area (Å²) in [4.78, 5) is 22.3. The fraction of sp³-hybridized carbons (Fsp3) is 0.467. The van der Waals surface area contributed by atoms with Gasteiger partial charge in [-0.2, -0.15) is 0 Å². The summed E-state index contributed by atoms with van der Waals surface area (Å²) in [6.45, 7) is 2.27. The van der Waals surface area contributed by atoms with Crippen molar-refractivity contribution in [1.29, 1.82) is 0 Å². The van der Waals surface area contributed by atoms with Gasteiger partial charge < -0.3 is 20.5 Å². The summed E-state index contributed by atoms with van der Waals surface area (Å²) in [6.07, 6.45) is 1.28. The molecule has 21 heavy (non-hydrogen) atoms. The number of carboxylic acids is 1. The Balaban J connectivity index is 2.44. The predicted octanol–water partition coefficient (Wildman–Crippen LogP) is 2.60. The minimum absolute atomic E-state index is 0.0843. The van der Waals surface area contributed by atoms with Crippen LogP contribution in [0.1, 0.15) is 31.7 Å². The van der Waals surface area contributed by atoms with Crippen LogP contribution in [0, 0.1) is 0 Å². The van der Waals surface area contributed by atoms with Crippen molar-refractivity contribution in [1.82, 2.24) is 5.32 Å². The summed E-state index contributed by atoms with van der Waals surface area (Å²) in [6, 6.07) is 7.02. The first-order chi connectivity index (χ1) is 10.0. The number of methoxy groups -OCH3 is 1. The number of rotatable bonds is 8. The summed E-state index contributed by atoms with van der Waals surface area (Å²) in [5, 5.41) is 14.1. The van der Waals surface area contributed by atoms with Crippen molar-refractivity contribution in [2.45, 2.75) is 38.8 Å². The number of aliphatic carboxylic acids is 1. The standard InChI is InChI=1S/C15H22N2O4/c1-11(6-5-9-14(18)19)16-15(20)17-13-8-4-3-7-12(13)10-21-2/h3-4,7-8,11H,5-6,9-10H2,1-2H3,(H,18,19)(H2,16,17,20). The highest BCUT2D eigenvalue weighted by molar-refractivity contribution is 5.90. The lowest BCUT2D eigenvalue weighted by molar-refractivity contribution is -0.137. The number of ether oxygens (including phenoxy) is 1. The van der Waals surface area contributed by atoms with Crippen molar-refractivity contribution in [3.8, 4) is 0 Å². The first kappa shape index (κ1) is 17.0. The molecule has 0 aromatic heterocycles.